The molecule has 0 spiro atoms. The molecule has 1 nitrogen and oxygen atoms in total. The molecule has 1 N–H and O–H groups in total. The molecule has 0 radical (unpaired) electrons. The van der Waals surface area contributed by atoms with E-state index in [9.17, 15) is 18.3 Å². The topological polar surface area (TPSA) is 20.2 Å². The fourth-order valence-electron chi connectivity index (χ4n) is 1.82. The minimum atomic E-state index is -1.36. The normalized spacial score (nSPS) is 12.5. The number of hydrogen-bond acceptors (Lipinski definition) is 1. The summed E-state index contributed by atoms with van der Waals surface area (Å²) in [6.07, 6.45) is -1.42. The lowest BCUT2D eigenvalue weighted by atomic mass is 10.0. The van der Waals surface area contributed by atoms with Gasteiger partial charge in [0.1, 0.15) is 17.5 Å². The highest BCUT2D eigenvalue weighted by atomic mass is 35.5. The maximum absolute atomic E-state index is 13.5. The molecule has 0 bridgehead atoms. The Labute approximate surface area is 113 Å². The fourth-order valence-corrected chi connectivity index (χ4v) is 2.02. The number of rotatable bonds is 3. The Balaban J connectivity index is 2.25. The van der Waals surface area contributed by atoms with Crippen molar-refractivity contribution in [2.24, 2.45) is 0 Å². The minimum Gasteiger partial charge on any atom is -0.388 e. The van der Waals surface area contributed by atoms with E-state index in [-0.39, 0.29) is 11.4 Å². The molecule has 0 saturated heterocycles. The predicted molar refractivity (Wildman–Crippen MR) is 66.4 cm³/mol. The van der Waals surface area contributed by atoms with Gasteiger partial charge in [0, 0.05) is 6.42 Å². The third kappa shape index (κ3) is 3.08. The monoisotopic (exact) mass is 286 g/mol. The van der Waals surface area contributed by atoms with Crippen LogP contribution in [0.2, 0.25) is 5.02 Å². The first-order valence-electron chi connectivity index (χ1n) is 5.55. The van der Waals surface area contributed by atoms with Crippen molar-refractivity contribution in [3.63, 3.8) is 0 Å². The Bertz CT molecular complexity index is 581. The Kier molecular flexibility index (Phi) is 4.12. The van der Waals surface area contributed by atoms with E-state index < -0.39 is 29.1 Å². The molecule has 2 rings (SSSR count). The summed E-state index contributed by atoms with van der Waals surface area (Å²) in [6.45, 7) is 0. The number of aliphatic hydroxyl groups excluding tert-OH is 1. The van der Waals surface area contributed by atoms with Gasteiger partial charge >= 0.3 is 0 Å². The van der Waals surface area contributed by atoms with Gasteiger partial charge in [-0.1, -0.05) is 23.7 Å². The zero-order chi connectivity index (χ0) is 14.0. The molecule has 5 heteroatoms. The first kappa shape index (κ1) is 13.9. The SMILES string of the molecule is OC(Cc1ccc(F)c(Cl)c1)c1c(F)cccc1F. The summed E-state index contributed by atoms with van der Waals surface area (Å²) in [6, 6.07) is 7.22. The van der Waals surface area contributed by atoms with Crippen molar-refractivity contribution in [1.29, 1.82) is 0 Å². The van der Waals surface area contributed by atoms with Gasteiger partial charge in [-0.05, 0) is 29.8 Å². The summed E-state index contributed by atoms with van der Waals surface area (Å²) in [5.74, 6) is -2.22. The molecule has 0 aromatic heterocycles. The minimum absolute atomic E-state index is 0.0577. The van der Waals surface area contributed by atoms with Crippen molar-refractivity contribution < 1.29 is 18.3 Å². The van der Waals surface area contributed by atoms with E-state index in [1.54, 1.807) is 0 Å². The second-order valence-electron chi connectivity index (χ2n) is 4.10. The summed E-state index contributed by atoms with van der Waals surface area (Å²) >= 11 is 5.60. The Morgan fingerprint density at radius 2 is 1.63 bits per heavy atom. The quantitative estimate of drug-likeness (QED) is 0.903. The molecular formula is C14H10ClF3O. The van der Waals surface area contributed by atoms with Crippen molar-refractivity contribution in [3.8, 4) is 0 Å². The summed E-state index contributed by atoms with van der Waals surface area (Å²) in [5, 5.41) is 9.78. The summed E-state index contributed by atoms with van der Waals surface area (Å²) in [4.78, 5) is 0. The zero-order valence-corrected chi connectivity index (χ0v) is 10.5. The van der Waals surface area contributed by atoms with E-state index in [2.05, 4.69) is 0 Å². The number of halogens is 4. The van der Waals surface area contributed by atoms with Crippen molar-refractivity contribution in [1.82, 2.24) is 0 Å². The largest absolute Gasteiger partial charge is 0.388 e. The molecule has 0 aliphatic heterocycles. The van der Waals surface area contributed by atoms with Gasteiger partial charge in [0.15, 0.2) is 0 Å². The molecule has 100 valence electrons. The van der Waals surface area contributed by atoms with Gasteiger partial charge in [0.25, 0.3) is 0 Å². The van der Waals surface area contributed by atoms with Crippen LogP contribution in [0.25, 0.3) is 0 Å². The Morgan fingerprint density at radius 1 is 1.00 bits per heavy atom. The van der Waals surface area contributed by atoms with Crippen LogP contribution < -0.4 is 0 Å². The number of aliphatic hydroxyl groups is 1. The zero-order valence-electron chi connectivity index (χ0n) is 9.71. The molecule has 1 unspecified atom stereocenters. The van der Waals surface area contributed by atoms with Crippen LogP contribution in [0.1, 0.15) is 17.2 Å². The molecule has 0 aliphatic rings. The molecule has 2 aromatic carbocycles. The van der Waals surface area contributed by atoms with Crippen molar-refractivity contribution in [3.05, 3.63) is 70.0 Å². The third-order valence-corrected chi connectivity index (χ3v) is 3.04. The van der Waals surface area contributed by atoms with Crippen LogP contribution in [-0.4, -0.2) is 5.11 Å². The highest BCUT2D eigenvalue weighted by Gasteiger charge is 2.18. The molecule has 0 aliphatic carbocycles. The van der Waals surface area contributed by atoms with Crippen LogP contribution in [-0.2, 0) is 6.42 Å². The highest BCUT2D eigenvalue weighted by Crippen LogP contribution is 2.25. The lowest BCUT2D eigenvalue weighted by Crippen LogP contribution is -2.07. The van der Waals surface area contributed by atoms with Gasteiger partial charge in [-0.2, -0.15) is 0 Å². The van der Waals surface area contributed by atoms with Crippen LogP contribution in [0.15, 0.2) is 36.4 Å². The second kappa shape index (κ2) is 5.63. The Hall–Kier alpha value is -1.52. The van der Waals surface area contributed by atoms with E-state index in [4.69, 9.17) is 11.6 Å². The lowest BCUT2D eigenvalue weighted by molar-refractivity contribution is 0.168. The standard InChI is InChI=1S/C14H10ClF3O/c15-9-6-8(4-5-10(9)16)7-13(19)14-11(17)2-1-3-12(14)18/h1-6,13,19H,7H2. The van der Waals surface area contributed by atoms with E-state index in [0.717, 1.165) is 18.2 Å². The molecule has 19 heavy (non-hydrogen) atoms. The molecule has 0 heterocycles. The van der Waals surface area contributed by atoms with Gasteiger partial charge in [-0.15, -0.1) is 0 Å². The molecular weight excluding hydrogens is 277 g/mol. The van der Waals surface area contributed by atoms with Gasteiger partial charge in [-0.3, -0.25) is 0 Å². The summed E-state index contributed by atoms with van der Waals surface area (Å²) in [7, 11) is 0. The van der Waals surface area contributed by atoms with Crippen molar-refractivity contribution >= 4 is 11.6 Å². The van der Waals surface area contributed by atoms with Crippen molar-refractivity contribution in [2.45, 2.75) is 12.5 Å². The van der Waals surface area contributed by atoms with Gasteiger partial charge in [0.2, 0.25) is 0 Å². The summed E-state index contributed by atoms with van der Waals surface area (Å²) < 4.78 is 39.9. The van der Waals surface area contributed by atoms with E-state index >= 15 is 0 Å². The smallest absolute Gasteiger partial charge is 0.141 e. The van der Waals surface area contributed by atoms with Gasteiger partial charge in [-0.25, -0.2) is 13.2 Å². The molecule has 0 amide bonds. The maximum Gasteiger partial charge on any atom is 0.141 e. The predicted octanol–water partition coefficient (Wildman–Crippen LogP) is 4.03. The van der Waals surface area contributed by atoms with E-state index in [0.29, 0.717) is 5.56 Å². The third-order valence-electron chi connectivity index (χ3n) is 2.75. The molecule has 0 saturated carbocycles. The van der Waals surface area contributed by atoms with Gasteiger partial charge < -0.3 is 5.11 Å². The van der Waals surface area contributed by atoms with E-state index in [1.807, 2.05) is 0 Å². The number of hydrogen-bond donors (Lipinski definition) is 1. The molecule has 2 aromatic rings. The Morgan fingerprint density at radius 3 is 2.21 bits per heavy atom. The average Bonchev–Trinajstić information content (AvgIpc) is 2.33. The van der Waals surface area contributed by atoms with Crippen LogP contribution in [0, 0.1) is 17.5 Å². The average molecular weight is 287 g/mol. The van der Waals surface area contributed by atoms with Crippen LogP contribution >= 0.6 is 11.6 Å². The maximum atomic E-state index is 13.5. The second-order valence-corrected chi connectivity index (χ2v) is 4.51. The van der Waals surface area contributed by atoms with Crippen molar-refractivity contribution in [2.75, 3.05) is 0 Å². The lowest BCUT2D eigenvalue weighted by Gasteiger charge is -2.13. The molecule has 0 fully saturated rings. The van der Waals surface area contributed by atoms with Crippen LogP contribution in [0.5, 0.6) is 0 Å². The van der Waals surface area contributed by atoms with Gasteiger partial charge in [0.05, 0.1) is 16.7 Å². The number of benzene rings is 2. The summed E-state index contributed by atoms with van der Waals surface area (Å²) in [5.41, 5.74) is 0.0875. The molecule has 1 atom stereocenters. The fraction of sp³-hybridized carbons (Fsp3) is 0.143. The first-order valence-corrected chi connectivity index (χ1v) is 5.92. The van der Waals surface area contributed by atoms with Crippen LogP contribution in [0.3, 0.4) is 0 Å². The van der Waals surface area contributed by atoms with E-state index in [1.165, 1.54) is 18.2 Å². The first-order chi connectivity index (χ1) is 8.99. The van der Waals surface area contributed by atoms with Crippen LogP contribution in [0.4, 0.5) is 13.2 Å². The highest BCUT2D eigenvalue weighted by molar-refractivity contribution is 6.30.